The van der Waals surface area contributed by atoms with E-state index in [4.69, 9.17) is 0 Å². The predicted octanol–water partition coefficient (Wildman–Crippen LogP) is 5.44. The minimum atomic E-state index is -0.0901. The number of carbonyl (C=O) groups excluding carboxylic acids is 1. The summed E-state index contributed by atoms with van der Waals surface area (Å²) in [5.41, 5.74) is 4.93. The lowest BCUT2D eigenvalue weighted by molar-refractivity contribution is 0.101. The topological polar surface area (TPSA) is 51.9 Å². The van der Waals surface area contributed by atoms with Gasteiger partial charge in [-0.2, -0.15) is 5.10 Å². The van der Waals surface area contributed by atoms with Gasteiger partial charge in [0.05, 0.1) is 16.8 Å². The first-order chi connectivity index (χ1) is 15.3. The van der Waals surface area contributed by atoms with Gasteiger partial charge in [0, 0.05) is 24.6 Å². The van der Waals surface area contributed by atoms with Gasteiger partial charge in [-0.25, -0.2) is 0 Å². The summed E-state index contributed by atoms with van der Waals surface area (Å²) in [5, 5.41) is 9.41. The molecule has 3 aromatic heterocycles. The maximum absolute atomic E-state index is 13.2. The number of aromatic nitrogens is 3. The SMILES string of the molecule is O=C(Nc1cccc(Cn2cccn2)c1)c1cc2sccc2n1CCc1ccccc1. The summed E-state index contributed by atoms with van der Waals surface area (Å²) in [6.45, 7) is 1.42. The standard InChI is InChI=1S/C25H22N4OS/c30-25(27-21-9-4-8-20(16-21)18-28-13-5-12-26-28)23-17-24-22(11-15-31-24)29(23)14-10-19-6-2-1-3-7-19/h1-9,11-13,15-17H,10,14,18H2,(H,27,30). The number of amides is 1. The summed E-state index contributed by atoms with van der Waals surface area (Å²) in [4.78, 5) is 13.2. The van der Waals surface area contributed by atoms with Crippen LogP contribution in [0.25, 0.3) is 10.2 Å². The van der Waals surface area contributed by atoms with Gasteiger partial charge >= 0.3 is 0 Å². The van der Waals surface area contributed by atoms with E-state index in [1.807, 2.05) is 53.3 Å². The number of nitrogens with one attached hydrogen (secondary N) is 1. The van der Waals surface area contributed by atoms with Crippen molar-refractivity contribution in [1.29, 1.82) is 0 Å². The van der Waals surface area contributed by atoms with Gasteiger partial charge in [-0.05, 0) is 53.3 Å². The Balaban J connectivity index is 1.37. The number of nitrogens with zero attached hydrogens (tertiary/aromatic N) is 3. The van der Waals surface area contributed by atoms with Gasteiger partial charge in [0.1, 0.15) is 5.69 Å². The molecule has 3 heterocycles. The molecule has 0 aliphatic heterocycles. The normalized spacial score (nSPS) is 11.1. The number of anilines is 1. The Labute approximate surface area is 184 Å². The average Bonchev–Trinajstić information content (AvgIpc) is 3.51. The van der Waals surface area contributed by atoms with E-state index in [-0.39, 0.29) is 5.91 Å². The molecule has 0 fully saturated rings. The van der Waals surface area contributed by atoms with Crippen molar-refractivity contribution >= 4 is 33.1 Å². The molecule has 0 saturated carbocycles. The Kier molecular flexibility index (Phi) is 5.37. The van der Waals surface area contributed by atoms with E-state index in [1.165, 1.54) is 5.56 Å². The second-order valence-electron chi connectivity index (χ2n) is 7.45. The maximum atomic E-state index is 13.2. The molecule has 1 amide bonds. The number of fused-ring (bicyclic) bond motifs is 1. The highest BCUT2D eigenvalue weighted by molar-refractivity contribution is 7.17. The molecule has 0 atom stereocenters. The first-order valence-electron chi connectivity index (χ1n) is 10.2. The molecule has 0 saturated heterocycles. The van der Waals surface area contributed by atoms with Crippen molar-refractivity contribution in [3.63, 3.8) is 0 Å². The molecule has 0 radical (unpaired) electrons. The summed E-state index contributed by atoms with van der Waals surface area (Å²) >= 11 is 1.66. The monoisotopic (exact) mass is 426 g/mol. The molecule has 0 spiro atoms. The van der Waals surface area contributed by atoms with Crippen LogP contribution in [0.2, 0.25) is 0 Å². The van der Waals surface area contributed by atoms with Crippen LogP contribution in [0.3, 0.4) is 0 Å². The van der Waals surface area contributed by atoms with E-state index in [0.717, 1.165) is 34.4 Å². The van der Waals surface area contributed by atoms with Crippen LogP contribution in [0.4, 0.5) is 5.69 Å². The second-order valence-corrected chi connectivity index (χ2v) is 8.39. The lowest BCUT2D eigenvalue weighted by Gasteiger charge is -2.12. The summed E-state index contributed by atoms with van der Waals surface area (Å²) in [5.74, 6) is -0.0901. The van der Waals surface area contributed by atoms with Crippen molar-refractivity contribution in [1.82, 2.24) is 14.3 Å². The number of rotatable bonds is 7. The third kappa shape index (κ3) is 4.29. The summed E-state index contributed by atoms with van der Waals surface area (Å²) in [6.07, 6.45) is 4.57. The second kappa shape index (κ2) is 8.62. The smallest absolute Gasteiger partial charge is 0.272 e. The van der Waals surface area contributed by atoms with Gasteiger partial charge in [0.2, 0.25) is 0 Å². The maximum Gasteiger partial charge on any atom is 0.272 e. The van der Waals surface area contributed by atoms with Crippen molar-refractivity contribution in [2.24, 2.45) is 0 Å². The number of carbonyl (C=O) groups is 1. The van der Waals surface area contributed by atoms with Gasteiger partial charge in [-0.3, -0.25) is 9.48 Å². The Bertz CT molecular complexity index is 1300. The van der Waals surface area contributed by atoms with Gasteiger partial charge in [-0.1, -0.05) is 42.5 Å². The zero-order valence-corrected chi connectivity index (χ0v) is 17.8. The van der Waals surface area contributed by atoms with E-state index < -0.39 is 0 Å². The first-order valence-corrected chi connectivity index (χ1v) is 11.1. The van der Waals surface area contributed by atoms with E-state index >= 15 is 0 Å². The lowest BCUT2D eigenvalue weighted by atomic mass is 10.1. The summed E-state index contributed by atoms with van der Waals surface area (Å²) in [7, 11) is 0. The molecule has 0 aliphatic carbocycles. The van der Waals surface area contributed by atoms with E-state index in [2.05, 4.69) is 50.7 Å². The Hall–Kier alpha value is -3.64. The number of hydrogen-bond donors (Lipinski definition) is 1. The summed E-state index contributed by atoms with van der Waals surface area (Å²) < 4.78 is 5.12. The average molecular weight is 427 g/mol. The molecule has 31 heavy (non-hydrogen) atoms. The fourth-order valence-electron chi connectivity index (χ4n) is 3.82. The van der Waals surface area contributed by atoms with Gasteiger partial charge in [0.15, 0.2) is 0 Å². The van der Waals surface area contributed by atoms with Gasteiger partial charge in [-0.15, -0.1) is 11.3 Å². The zero-order chi connectivity index (χ0) is 21.0. The molecule has 154 valence electrons. The van der Waals surface area contributed by atoms with Crippen molar-refractivity contribution in [3.8, 4) is 0 Å². The Morgan fingerprint density at radius 2 is 1.84 bits per heavy atom. The van der Waals surface area contributed by atoms with Crippen LogP contribution in [0, 0.1) is 0 Å². The highest BCUT2D eigenvalue weighted by Gasteiger charge is 2.17. The highest BCUT2D eigenvalue weighted by atomic mass is 32.1. The fourth-order valence-corrected chi connectivity index (χ4v) is 4.64. The molecular formula is C25H22N4OS. The Morgan fingerprint density at radius 1 is 0.968 bits per heavy atom. The number of benzene rings is 2. The van der Waals surface area contributed by atoms with Crippen LogP contribution in [0.5, 0.6) is 0 Å². The molecule has 0 aliphatic rings. The van der Waals surface area contributed by atoms with E-state index in [9.17, 15) is 4.79 Å². The molecular weight excluding hydrogens is 404 g/mol. The lowest BCUT2D eigenvalue weighted by Crippen LogP contribution is -2.18. The number of hydrogen-bond acceptors (Lipinski definition) is 3. The zero-order valence-electron chi connectivity index (χ0n) is 16.9. The number of thiophene rings is 1. The van der Waals surface area contributed by atoms with Crippen molar-refractivity contribution in [2.45, 2.75) is 19.5 Å². The third-order valence-electron chi connectivity index (χ3n) is 5.31. The molecule has 6 heteroatoms. The van der Waals surface area contributed by atoms with Crippen LogP contribution < -0.4 is 5.32 Å². The largest absolute Gasteiger partial charge is 0.335 e. The minimum Gasteiger partial charge on any atom is -0.335 e. The van der Waals surface area contributed by atoms with Crippen LogP contribution in [-0.4, -0.2) is 20.3 Å². The quantitative estimate of drug-likeness (QED) is 0.377. The van der Waals surface area contributed by atoms with Crippen molar-refractivity contribution in [3.05, 3.63) is 107 Å². The van der Waals surface area contributed by atoms with E-state index in [1.54, 1.807) is 17.5 Å². The predicted molar refractivity (Wildman–Crippen MR) is 126 cm³/mol. The fraction of sp³-hybridized carbons (Fsp3) is 0.120. The first kappa shape index (κ1) is 19.3. The molecule has 5 nitrogen and oxygen atoms in total. The minimum absolute atomic E-state index is 0.0901. The highest BCUT2D eigenvalue weighted by Crippen LogP contribution is 2.26. The molecule has 5 rings (SSSR count). The molecule has 1 N–H and O–H groups in total. The molecule has 5 aromatic rings. The van der Waals surface area contributed by atoms with Crippen LogP contribution in [-0.2, 0) is 19.5 Å². The van der Waals surface area contributed by atoms with Crippen LogP contribution in [0.15, 0.2) is 90.6 Å². The van der Waals surface area contributed by atoms with Crippen LogP contribution in [0.1, 0.15) is 21.6 Å². The molecule has 0 bridgehead atoms. The molecule has 2 aromatic carbocycles. The third-order valence-corrected chi connectivity index (χ3v) is 6.16. The Morgan fingerprint density at radius 3 is 2.68 bits per heavy atom. The van der Waals surface area contributed by atoms with Crippen molar-refractivity contribution < 1.29 is 4.79 Å². The van der Waals surface area contributed by atoms with Crippen molar-refractivity contribution in [2.75, 3.05) is 5.32 Å². The van der Waals surface area contributed by atoms with Gasteiger partial charge in [0.25, 0.3) is 5.91 Å². The van der Waals surface area contributed by atoms with Gasteiger partial charge < -0.3 is 9.88 Å². The molecule has 0 unspecified atom stereocenters. The summed E-state index contributed by atoms with van der Waals surface area (Å²) in [6, 6.07) is 24.3. The number of aryl methyl sites for hydroxylation is 2. The van der Waals surface area contributed by atoms with E-state index in [0.29, 0.717) is 12.2 Å². The van der Waals surface area contributed by atoms with Crippen LogP contribution >= 0.6 is 11.3 Å².